The molecule has 1 aromatic rings. The van der Waals surface area contributed by atoms with Gasteiger partial charge in [-0.25, -0.2) is 0 Å². The molecular formula is C17H23NO3. The third-order valence-electron chi connectivity index (χ3n) is 3.92. The van der Waals surface area contributed by atoms with Crippen molar-refractivity contribution < 1.29 is 14.3 Å². The minimum atomic E-state index is -0.261. The smallest absolute Gasteiger partial charge is 0.306 e. The van der Waals surface area contributed by atoms with Crippen molar-refractivity contribution in [2.75, 3.05) is 4.90 Å². The van der Waals surface area contributed by atoms with E-state index in [1.54, 1.807) is 6.92 Å². The maximum atomic E-state index is 12.2. The molecule has 2 rings (SSSR count). The normalized spacial score (nSPS) is 20.9. The number of carbonyl (C=O) groups excluding carboxylic acids is 2. The van der Waals surface area contributed by atoms with Gasteiger partial charge in [-0.3, -0.25) is 9.59 Å². The van der Waals surface area contributed by atoms with Crippen molar-refractivity contribution in [1.82, 2.24) is 0 Å². The van der Waals surface area contributed by atoms with Crippen LogP contribution in [0.3, 0.4) is 0 Å². The number of fused-ring (bicyclic) bond motifs is 1. The van der Waals surface area contributed by atoms with Crippen LogP contribution in [0.5, 0.6) is 0 Å². The van der Waals surface area contributed by atoms with Crippen molar-refractivity contribution >= 4 is 17.6 Å². The molecule has 1 aliphatic heterocycles. The Morgan fingerprint density at radius 3 is 2.62 bits per heavy atom. The van der Waals surface area contributed by atoms with Crippen molar-refractivity contribution in [3.63, 3.8) is 0 Å². The highest BCUT2D eigenvalue weighted by Crippen LogP contribution is 2.40. The van der Waals surface area contributed by atoms with Crippen molar-refractivity contribution in [3.05, 3.63) is 29.3 Å². The molecule has 1 amide bonds. The largest absolute Gasteiger partial charge is 0.457 e. The quantitative estimate of drug-likeness (QED) is 0.800. The second kappa shape index (κ2) is 6.29. The summed E-state index contributed by atoms with van der Waals surface area (Å²) >= 11 is 0. The van der Waals surface area contributed by atoms with E-state index in [1.165, 1.54) is 0 Å². The van der Waals surface area contributed by atoms with Gasteiger partial charge in [-0.2, -0.15) is 0 Å². The first-order chi connectivity index (χ1) is 9.97. The molecule has 0 saturated carbocycles. The highest BCUT2D eigenvalue weighted by molar-refractivity contribution is 5.95. The zero-order valence-electron chi connectivity index (χ0n) is 13.2. The Morgan fingerprint density at radius 1 is 1.29 bits per heavy atom. The zero-order chi connectivity index (χ0) is 15.6. The second-order valence-electron chi connectivity index (χ2n) is 5.60. The summed E-state index contributed by atoms with van der Waals surface area (Å²) in [5, 5.41) is 0. The number of amides is 1. The van der Waals surface area contributed by atoms with E-state index in [9.17, 15) is 9.59 Å². The molecule has 4 nitrogen and oxygen atoms in total. The Morgan fingerprint density at radius 2 is 2.00 bits per heavy atom. The van der Waals surface area contributed by atoms with Gasteiger partial charge in [-0.15, -0.1) is 0 Å². The summed E-state index contributed by atoms with van der Waals surface area (Å²) < 4.78 is 5.58. The number of aryl methyl sites for hydroxylation is 1. The number of nitrogens with zero attached hydrogens (tertiary/aromatic N) is 1. The number of rotatable bonds is 3. The lowest BCUT2D eigenvalue weighted by Gasteiger charge is -2.39. The molecule has 2 atom stereocenters. The number of hydrogen-bond acceptors (Lipinski definition) is 3. The molecule has 1 aromatic carbocycles. The van der Waals surface area contributed by atoms with E-state index in [4.69, 9.17) is 4.74 Å². The molecule has 0 bridgehead atoms. The van der Waals surface area contributed by atoms with Crippen LogP contribution < -0.4 is 4.90 Å². The van der Waals surface area contributed by atoms with Crippen LogP contribution in [0.2, 0.25) is 0 Å². The monoisotopic (exact) mass is 289 g/mol. The van der Waals surface area contributed by atoms with E-state index in [0.717, 1.165) is 16.8 Å². The van der Waals surface area contributed by atoms with Crippen LogP contribution in [-0.2, 0) is 14.3 Å². The molecule has 0 unspecified atom stereocenters. The van der Waals surface area contributed by atoms with E-state index in [-0.39, 0.29) is 24.0 Å². The molecule has 0 aliphatic carbocycles. The van der Waals surface area contributed by atoms with E-state index >= 15 is 0 Å². The van der Waals surface area contributed by atoms with Gasteiger partial charge in [-0.1, -0.05) is 31.5 Å². The van der Waals surface area contributed by atoms with E-state index < -0.39 is 0 Å². The second-order valence-corrected chi connectivity index (χ2v) is 5.60. The lowest BCUT2D eigenvalue weighted by molar-refractivity contribution is -0.149. The molecule has 4 heteroatoms. The molecule has 0 saturated heterocycles. The molecule has 21 heavy (non-hydrogen) atoms. The molecule has 0 fully saturated rings. The van der Waals surface area contributed by atoms with Gasteiger partial charge in [0, 0.05) is 30.9 Å². The number of carbonyl (C=O) groups is 2. The van der Waals surface area contributed by atoms with Crippen molar-refractivity contribution in [2.24, 2.45) is 0 Å². The van der Waals surface area contributed by atoms with Gasteiger partial charge in [0.25, 0.3) is 0 Å². The van der Waals surface area contributed by atoms with Gasteiger partial charge in [0.1, 0.15) is 6.10 Å². The predicted octanol–water partition coefficient (Wildman–Crippen LogP) is 3.52. The summed E-state index contributed by atoms with van der Waals surface area (Å²) in [6, 6.07) is 6.00. The van der Waals surface area contributed by atoms with Crippen LogP contribution in [0.25, 0.3) is 0 Å². The molecule has 0 N–H and O–H groups in total. The topological polar surface area (TPSA) is 46.6 Å². The Kier molecular flexibility index (Phi) is 4.66. The van der Waals surface area contributed by atoms with Crippen LogP contribution in [0.15, 0.2) is 18.2 Å². The van der Waals surface area contributed by atoms with Gasteiger partial charge in [-0.05, 0) is 19.9 Å². The third kappa shape index (κ3) is 3.09. The Bertz CT molecular complexity index is 553. The van der Waals surface area contributed by atoms with Crippen molar-refractivity contribution in [3.8, 4) is 0 Å². The van der Waals surface area contributed by atoms with Crippen LogP contribution in [0, 0.1) is 6.92 Å². The van der Waals surface area contributed by atoms with Crippen LogP contribution in [0.4, 0.5) is 5.69 Å². The third-order valence-corrected chi connectivity index (χ3v) is 3.92. The van der Waals surface area contributed by atoms with E-state index in [0.29, 0.717) is 19.3 Å². The van der Waals surface area contributed by atoms with E-state index in [2.05, 4.69) is 0 Å². The van der Waals surface area contributed by atoms with Crippen molar-refractivity contribution in [2.45, 2.75) is 59.1 Å². The fourth-order valence-corrected chi connectivity index (χ4v) is 2.83. The van der Waals surface area contributed by atoms with Crippen LogP contribution in [0.1, 0.15) is 57.3 Å². The minimum absolute atomic E-state index is 0.0299. The summed E-state index contributed by atoms with van der Waals surface area (Å²) in [7, 11) is 0. The number of esters is 1. The SMILES string of the molecule is CCC(=O)O[C@H]1C[C@H](C)N(C(=O)CC)c2ccc(C)cc21. The molecule has 0 aromatic heterocycles. The van der Waals surface area contributed by atoms with Gasteiger partial charge >= 0.3 is 5.97 Å². The molecular weight excluding hydrogens is 266 g/mol. The first-order valence-corrected chi connectivity index (χ1v) is 7.60. The highest BCUT2D eigenvalue weighted by atomic mass is 16.5. The summed E-state index contributed by atoms with van der Waals surface area (Å²) in [6.45, 7) is 7.66. The predicted molar refractivity (Wildman–Crippen MR) is 82.2 cm³/mol. The van der Waals surface area contributed by atoms with Crippen molar-refractivity contribution in [1.29, 1.82) is 0 Å². The zero-order valence-corrected chi connectivity index (χ0v) is 13.2. The fourth-order valence-electron chi connectivity index (χ4n) is 2.83. The fraction of sp³-hybridized carbons (Fsp3) is 0.529. The van der Waals surface area contributed by atoms with E-state index in [1.807, 2.05) is 43.9 Å². The lowest BCUT2D eigenvalue weighted by atomic mass is 9.92. The molecule has 1 heterocycles. The van der Waals surface area contributed by atoms with Gasteiger partial charge in [0.15, 0.2) is 0 Å². The molecule has 114 valence electrons. The molecule has 0 spiro atoms. The maximum absolute atomic E-state index is 12.2. The number of ether oxygens (including phenoxy) is 1. The summed E-state index contributed by atoms with van der Waals surface area (Å²) in [4.78, 5) is 25.7. The highest BCUT2D eigenvalue weighted by Gasteiger charge is 2.34. The Labute approximate surface area is 126 Å². The summed E-state index contributed by atoms with van der Waals surface area (Å²) in [5.74, 6) is -0.0946. The Hall–Kier alpha value is -1.84. The first-order valence-electron chi connectivity index (χ1n) is 7.60. The average Bonchev–Trinajstić information content (AvgIpc) is 2.47. The van der Waals surface area contributed by atoms with Gasteiger partial charge in [0.05, 0.1) is 5.69 Å². The van der Waals surface area contributed by atoms with Crippen LogP contribution >= 0.6 is 0 Å². The Balaban J connectivity index is 2.44. The number of anilines is 1. The maximum Gasteiger partial charge on any atom is 0.306 e. The standard InChI is InChI=1S/C17H23NO3/c1-5-16(19)18-12(4)10-15(21-17(20)6-2)13-9-11(3)7-8-14(13)18/h7-9,12,15H,5-6,10H2,1-4H3/t12-,15-/m0/s1. The first kappa shape index (κ1) is 15.5. The summed E-state index contributed by atoms with van der Waals surface area (Å²) in [5.41, 5.74) is 2.92. The number of hydrogen-bond donors (Lipinski definition) is 0. The summed E-state index contributed by atoms with van der Waals surface area (Å²) in [6.07, 6.45) is 1.22. The lowest BCUT2D eigenvalue weighted by Crippen LogP contribution is -2.43. The number of benzene rings is 1. The van der Waals surface area contributed by atoms with Gasteiger partial charge in [0.2, 0.25) is 5.91 Å². The molecule has 1 aliphatic rings. The molecule has 0 radical (unpaired) electrons. The van der Waals surface area contributed by atoms with Gasteiger partial charge < -0.3 is 9.64 Å². The van der Waals surface area contributed by atoms with Crippen LogP contribution in [-0.4, -0.2) is 17.9 Å². The minimum Gasteiger partial charge on any atom is -0.457 e. The average molecular weight is 289 g/mol.